The van der Waals surface area contributed by atoms with Gasteiger partial charge in [0.2, 0.25) is 0 Å². The van der Waals surface area contributed by atoms with Crippen molar-refractivity contribution in [3.8, 4) is 0 Å². The minimum absolute atomic E-state index is 0.456. The number of rotatable bonds is 4. The Morgan fingerprint density at radius 3 is 1.79 bits per heavy atom. The number of hydrogen-bond acceptors (Lipinski definition) is 4. The first-order valence-electron chi connectivity index (χ1n) is 5.31. The highest BCUT2D eigenvalue weighted by Crippen LogP contribution is 2.21. The largest absolute Gasteiger partial charge is 0.319 e. The fourth-order valence-electron chi connectivity index (χ4n) is 1.08. The topological polar surface area (TPSA) is 47.6 Å². The molecule has 4 nitrogen and oxygen atoms in total. The molecular weight excluding hydrogens is 201 g/mol. The van der Waals surface area contributed by atoms with Gasteiger partial charge in [-0.15, -0.1) is 0 Å². The molecule has 0 radical (unpaired) electrons. The lowest BCUT2D eigenvalue weighted by Gasteiger charge is -2.08. The molecular formula is C9H22NO3P. The summed E-state index contributed by atoms with van der Waals surface area (Å²) in [6.45, 7) is 6.97. The summed E-state index contributed by atoms with van der Waals surface area (Å²) in [4.78, 5) is 0. The van der Waals surface area contributed by atoms with Gasteiger partial charge in [-0.3, -0.25) is 4.57 Å². The Kier molecular flexibility index (Phi) is 11.3. The second-order valence-electron chi connectivity index (χ2n) is 2.93. The first-order chi connectivity index (χ1) is 6.81. The molecule has 1 fully saturated rings. The van der Waals surface area contributed by atoms with Crippen LogP contribution in [0.25, 0.3) is 0 Å². The van der Waals surface area contributed by atoms with Crippen molar-refractivity contribution in [3.63, 3.8) is 0 Å². The van der Waals surface area contributed by atoms with E-state index in [2.05, 4.69) is 14.4 Å². The summed E-state index contributed by atoms with van der Waals surface area (Å²) in [5.74, 6) is 0. The molecule has 0 aromatic rings. The zero-order chi connectivity index (χ0) is 10.6. The van der Waals surface area contributed by atoms with Gasteiger partial charge in [0.05, 0.1) is 13.2 Å². The first kappa shape index (κ1) is 14.1. The van der Waals surface area contributed by atoms with E-state index in [0.717, 1.165) is 0 Å². The van der Waals surface area contributed by atoms with E-state index < -0.39 is 8.25 Å². The minimum atomic E-state index is -2.14. The van der Waals surface area contributed by atoms with Crippen LogP contribution in [-0.4, -0.2) is 26.3 Å². The van der Waals surface area contributed by atoms with Crippen molar-refractivity contribution in [2.24, 2.45) is 0 Å². The van der Waals surface area contributed by atoms with Gasteiger partial charge in [0, 0.05) is 0 Å². The fourth-order valence-corrected chi connectivity index (χ4v) is 1.63. The van der Waals surface area contributed by atoms with E-state index in [1.54, 1.807) is 13.8 Å². The Balaban J connectivity index is 0.000000249. The number of nitrogens with one attached hydrogen (secondary N) is 1. The molecule has 0 spiro atoms. The van der Waals surface area contributed by atoms with Crippen LogP contribution in [0.3, 0.4) is 0 Å². The molecule has 1 saturated heterocycles. The maximum Gasteiger partial charge on any atom is 0.319 e. The van der Waals surface area contributed by atoms with E-state index in [9.17, 15) is 4.57 Å². The smallest absolute Gasteiger partial charge is 0.317 e. The minimum Gasteiger partial charge on any atom is -0.317 e. The third kappa shape index (κ3) is 10.2. The molecule has 1 aliphatic rings. The summed E-state index contributed by atoms with van der Waals surface area (Å²) in [6, 6.07) is 0. The van der Waals surface area contributed by atoms with Crippen LogP contribution in [0.5, 0.6) is 0 Å². The van der Waals surface area contributed by atoms with Crippen LogP contribution < -0.4 is 5.32 Å². The van der Waals surface area contributed by atoms with Crippen LogP contribution >= 0.6 is 8.25 Å². The lowest BCUT2D eigenvalue weighted by Crippen LogP contribution is -2.21. The van der Waals surface area contributed by atoms with Gasteiger partial charge in [0.15, 0.2) is 0 Å². The monoisotopic (exact) mass is 223 g/mol. The van der Waals surface area contributed by atoms with E-state index in [-0.39, 0.29) is 0 Å². The second kappa shape index (κ2) is 11.2. The Morgan fingerprint density at radius 1 is 1.07 bits per heavy atom. The van der Waals surface area contributed by atoms with Crippen LogP contribution in [0.4, 0.5) is 0 Å². The van der Waals surface area contributed by atoms with Crippen LogP contribution in [0.15, 0.2) is 0 Å². The van der Waals surface area contributed by atoms with Crippen LogP contribution in [0, 0.1) is 0 Å². The summed E-state index contributed by atoms with van der Waals surface area (Å²) >= 11 is 0. The van der Waals surface area contributed by atoms with E-state index in [4.69, 9.17) is 0 Å². The predicted octanol–water partition coefficient (Wildman–Crippen LogP) is 2.21. The van der Waals surface area contributed by atoms with Crippen LogP contribution in [-0.2, 0) is 13.6 Å². The molecule has 0 bridgehead atoms. The van der Waals surface area contributed by atoms with Gasteiger partial charge in [0.25, 0.3) is 0 Å². The molecule has 5 heteroatoms. The second-order valence-corrected chi connectivity index (χ2v) is 4.00. The van der Waals surface area contributed by atoms with Crippen molar-refractivity contribution in [1.29, 1.82) is 0 Å². The molecule has 0 aromatic heterocycles. The SMILES string of the molecule is C1CCNCC1.CCO[PH](=O)OCC. The van der Waals surface area contributed by atoms with Gasteiger partial charge in [-0.25, -0.2) is 0 Å². The number of piperidine rings is 1. The lowest BCUT2D eigenvalue weighted by atomic mass is 10.2. The third-order valence-corrected chi connectivity index (χ3v) is 2.78. The Bertz CT molecular complexity index is 121. The molecule has 0 amide bonds. The number of hydrogen-bond donors (Lipinski definition) is 1. The lowest BCUT2D eigenvalue weighted by molar-refractivity contribution is 0.243. The molecule has 86 valence electrons. The summed E-state index contributed by atoms with van der Waals surface area (Å²) in [7, 11) is -2.14. The van der Waals surface area contributed by atoms with E-state index in [1.165, 1.54) is 32.4 Å². The van der Waals surface area contributed by atoms with Gasteiger partial charge < -0.3 is 14.4 Å². The molecule has 0 atom stereocenters. The van der Waals surface area contributed by atoms with E-state index >= 15 is 0 Å². The molecule has 14 heavy (non-hydrogen) atoms. The van der Waals surface area contributed by atoms with Gasteiger partial charge in [-0.2, -0.15) is 0 Å². The van der Waals surface area contributed by atoms with Crippen LogP contribution in [0.2, 0.25) is 0 Å². The molecule has 0 saturated carbocycles. The van der Waals surface area contributed by atoms with Crippen molar-refractivity contribution in [2.75, 3.05) is 26.3 Å². The molecule has 1 N–H and O–H groups in total. The molecule has 1 heterocycles. The molecule has 0 aromatic carbocycles. The molecule has 1 rings (SSSR count). The van der Waals surface area contributed by atoms with Crippen molar-refractivity contribution >= 4 is 8.25 Å². The highest BCUT2D eigenvalue weighted by atomic mass is 31.1. The average molecular weight is 223 g/mol. The highest BCUT2D eigenvalue weighted by Gasteiger charge is 1.93. The molecule has 0 unspecified atom stereocenters. The zero-order valence-corrected chi connectivity index (χ0v) is 10.2. The Labute approximate surface area is 87.3 Å². The van der Waals surface area contributed by atoms with Gasteiger partial charge >= 0.3 is 8.25 Å². The normalized spacial score (nSPS) is 16.2. The summed E-state index contributed by atoms with van der Waals surface area (Å²) in [5, 5.41) is 3.28. The summed E-state index contributed by atoms with van der Waals surface area (Å²) < 4.78 is 19.6. The predicted molar refractivity (Wildman–Crippen MR) is 59.0 cm³/mol. The van der Waals surface area contributed by atoms with Crippen molar-refractivity contribution in [3.05, 3.63) is 0 Å². The van der Waals surface area contributed by atoms with Crippen molar-refractivity contribution in [2.45, 2.75) is 33.1 Å². The van der Waals surface area contributed by atoms with E-state index in [1.807, 2.05) is 0 Å². The Hall–Kier alpha value is 0.110. The maximum atomic E-state index is 10.4. The van der Waals surface area contributed by atoms with Gasteiger partial charge in [0.1, 0.15) is 0 Å². The Morgan fingerprint density at radius 2 is 1.57 bits per heavy atom. The fraction of sp³-hybridized carbons (Fsp3) is 1.00. The summed E-state index contributed by atoms with van der Waals surface area (Å²) in [5.41, 5.74) is 0. The molecule has 0 aliphatic carbocycles. The van der Waals surface area contributed by atoms with Gasteiger partial charge in [-0.05, 0) is 39.8 Å². The zero-order valence-electron chi connectivity index (χ0n) is 9.17. The standard InChI is InChI=1S/C5H11N.C4H11O3P/c1-2-4-6-5-3-1;1-3-6-8(5)7-4-2/h6H,1-5H2;8H,3-4H2,1-2H3. The van der Waals surface area contributed by atoms with Crippen molar-refractivity contribution in [1.82, 2.24) is 5.32 Å². The highest BCUT2D eigenvalue weighted by molar-refractivity contribution is 7.33. The maximum absolute atomic E-state index is 10.4. The molecule has 1 aliphatic heterocycles. The van der Waals surface area contributed by atoms with Crippen molar-refractivity contribution < 1.29 is 13.6 Å². The van der Waals surface area contributed by atoms with Crippen LogP contribution in [0.1, 0.15) is 33.1 Å². The quantitative estimate of drug-likeness (QED) is 0.742. The average Bonchev–Trinajstić information content (AvgIpc) is 2.22. The van der Waals surface area contributed by atoms with Gasteiger partial charge in [-0.1, -0.05) is 6.42 Å². The summed E-state index contributed by atoms with van der Waals surface area (Å²) in [6.07, 6.45) is 4.22. The first-order valence-corrected chi connectivity index (χ1v) is 6.54. The van der Waals surface area contributed by atoms with E-state index in [0.29, 0.717) is 13.2 Å². The third-order valence-electron chi connectivity index (χ3n) is 1.73.